The van der Waals surface area contributed by atoms with Crippen LogP contribution in [0.15, 0.2) is 47.4 Å². The lowest BCUT2D eigenvalue weighted by atomic mass is 9.81. The molecule has 2 aromatic carbocycles. The molecule has 4 rings (SSSR count). The smallest absolute Gasteiger partial charge is 0.391 e. The fourth-order valence-corrected chi connectivity index (χ4v) is 6.42. The molecule has 1 aliphatic carbocycles. The number of nitrogens with zero attached hydrogens (tertiary/aromatic N) is 1. The summed E-state index contributed by atoms with van der Waals surface area (Å²) < 4.78 is 63.1. The number of aliphatic hydroxyl groups excluding tert-OH is 1. The molecular formula is C28H35F3N2O4S. The Morgan fingerprint density at radius 3 is 2.32 bits per heavy atom. The predicted molar refractivity (Wildman–Crippen MR) is 138 cm³/mol. The van der Waals surface area contributed by atoms with Crippen molar-refractivity contribution in [2.45, 2.75) is 69.2 Å². The Morgan fingerprint density at radius 1 is 1.05 bits per heavy atom. The minimum Gasteiger partial charge on any atom is -0.396 e. The zero-order valence-electron chi connectivity index (χ0n) is 21.5. The molecule has 0 saturated heterocycles. The van der Waals surface area contributed by atoms with E-state index in [1.165, 1.54) is 12.1 Å². The topological polar surface area (TPSA) is 86.7 Å². The van der Waals surface area contributed by atoms with E-state index in [0.29, 0.717) is 30.5 Å². The summed E-state index contributed by atoms with van der Waals surface area (Å²) in [7, 11) is -3.33. The summed E-state index contributed by atoms with van der Waals surface area (Å²) in [5, 5.41) is 12.5. The molecular weight excluding hydrogens is 517 g/mol. The number of sulfone groups is 1. The van der Waals surface area contributed by atoms with E-state index < -0.39 is 28.0 Å². The van der Waals surface area contributed by atoms with Crippen molar-refractivity contribution in [3.05, 3.63) is 64.7 Å². The largest absolute Gasteiger partial charge is 0.396 e. The van der Waals surface area contributed by atoms with Crippen molar-refractivity contribution in [3.63, 3.8) is 0 Å². The molecule has 1 atom stereocenters. The Labute approximate surface area is 222 Å². The number of halogens is 3. The number of fused-ring (bicyclic) bond motifs is 1. The van der Waals surface area contributed by atoms with Crippen LogP contribution in [0.4, 0.5) is 13.2 Å². The zero-order valence-corrected chi connectivity index (χ0v) is 22.3. The number of nitrogens with one attached hydrogen (secondary N) is 1. The molecule has 208 valence electrons. The highest BCUT2D eigenvalue weighted by Gasteiger charge is 2.41. The van der Waals surface area contributed by atoms with E-state index in [0.717, 1.165) is 24.2 Å². The van der Waals surface area contributed by atoms with Gasteiger partial charge in [0.15, 0.2) is 9.84 Å². The van der Waals surface area contributed by atoms with Crippen LogP contribution in [0.2, 0.25) is 0 Å². The summed E-state index contributed by atoms with van der Waals surface area (Å²) in [4.78, 5) is 15.6. The maximum Gasteiger partial charge on any atom is 0.391 e. The fourth-order valence-electron chi connectivity index (χ4n) is 5.54. The Kier molecular flexibility index (Phi) is 8.84. The molecule has 38 heavy (non-hydrogen) atoms. The van der Waals surface area contributed by atoms with Gasteiger partial charge in [0.1, 0.15) is 0 Å². The highest BCUT2D eigenvalue weighted by Crippen LogP contribution is 2.40. The number of carbonyl (C=O) groups excluding carboxylic acids is 1. The van der Waals surface area contributed by atoms with Gasteiger partial charge >= 0.3 is 6.18 Å². The molecule has 2 N–H and O–H groups in total. The molecule has 0 unspecified atom stereocenters. The summed E-state index contributed by atoms with van der Waals surface area (Å²) in [5.74, 6) is -1.21. The third kappa shape index (κ3) is 6.76. The van der Waals surface area contributed by atoms with Gasteiger partial charge in [-0.15, -0.1) is 0 Å². The summed E-state index contributed by atoms with van der Waals surface area (Å²) in [5.41, 5.74) is 3.35. The summed E-state index contributed by atoms with van der Waals surface area (Å²) >= 11 is 0. The van der Waals surface area contributed by atoms with Crippen molar-refractivity contribution in [1.29, 1.82) is 0 Å². The number of alkyl halides is 3. The molecule has 2 aliphatic rings. The molecule has 0 radical (unpaired) electrons. The first-order valence-corrected chi connectivity index (χ1v) is 14.8. The van der Waals surface area contributed by atoms with Crippen LogP contribution in [0.1, 0.15) is 72.1 Å². The minimum atomic E-state index is -4.10. The van der Waals surface area contributed by atoms with Crippen LogP contribution in [0.25, 0.3) is 0 Å². The molecule has 1 fully saturated rings. The third-order valence-corrected chi connectivity index (χ3v) is 9.58. The second-order valence-corrected chi connectivity index (χ2v) is 12.7. The average molecular weight is 553 g/mol. The van der Waals surface area contributed by atoms with Crippen LogP contribution < -0.4 is 5.32 Å². The van der Waals surface area contributed by atoms with Crippen molar-refractivity contribution in [2.24, 2.45) is 11.8 Å². The van der Waals surface area contributed by atoms with Crippen molar-refractivity contribution in [2.75, 3.05) is 18.9 Å². The number of aliphatic hydroxyl groups is 1. The first-order valence-electron chi connectivity index (χ1n) is 13.2. The molecule has 1 heterocycles. The van der Waals surface area contributed by atoms with E-state index in [1.807, 2.05) is 12.1 Å². The Morgan fingerprint density at radius 2 is 1.71 bits per heavy atom. The van der Waals surface area contributed by atoms with Gasteiger partial charge in [-0.05, 0) is 79.0 Å². The third-order valence-electron chi connectivity index (χ3n) is 7.83. The van der Waals surface area contributed by atoms with Gasteiger partial charge in [-0.25, -0.2) is 8.42 Å². The Hall–Kier alpha value is -2.43. The molecule has 6 nitrogen and oxygen atoms in total. The van der Waals surface area contributed by atoms with Crippen molar-refractivity contribution in [1.82, 2.24) is 10.2 Å². The number of amides is 1. The van der Waals surface area contributed by atoms with E-state index in [4.69, 9.17) is 0 Å². The SMILES string of the molecule is CCS(=O)(=O)c1ccc([C@H](CCO)NC(=O)c2ccc3c(c2)CN(C[C@H]2CC[C@H](C(F)(F)F)CC2)C3)cc1. The summed E-state index contributed by atoms with van der Waals surface area (Å²) in [6.07, 6.45) is -2.25. The number of hydrogen-bond donors (Lipinski definition) is 2. The summed E-state index contributed by atoms with van der Waals surface area (Å²) in [6.45, 7) is 3.56. The molecule has 0 aromatic heterocycles. The molecule has 1 amide bonds. The fraction of sp³-hybridized carbons (Fsp3) is 0.536. The van der Waals surface area contributed by atoms with Gasteiger partial charge in [-0.3, -0.25) is 9.69 Å². The first kappa shape index (κ1) is 28.6. The van der Waals surface area contributed by atoms with E-state index in [1.54, 1.807) is 25.1 Å². The lowest BCUT2D eigenvalue weighted by Gasteiger charge is -2.32. The Bertz CT molecular complexity index is 1220. The standard InChI is InChI=1S/C28H35F3N2O4S/c1-2-38(36,37)25-11-7-20(8-12-25)26(13-14-34)32-27(35)21-5-6-22-17-33(18-23(22)15-21)16-19-3-9-24(10-4-19)28(29,30)31/h5-8,11-12,15,19,24,26,34H,2-4,9-10,13-14,16-18H2,1H3,(H,32,35)/t19-,24-,26-/m0/s1. The van der Waals surface area contributed by atoms with E-state index in [-0.39, 0.29) is 48.3 Å². The number of hydrogen-bond acceptors (Lipinski definition) is 5. The minimum absolute atomic E-state index is 0.00190. The monoisotopic (exact) mass is 552 g/mol. The Balaban J connectivity index is 1.36. The maximum atomic E-state index is 13.1. The van der Waals surface area contributed by atoms with Crippen molar-refractivity contribution >= 4 is 15.7 Å². The molecule has 0 bridgehead atoms. The predicted octanol–water partition coefficient (Wildman–Crippen LogP) is 5.02. The lowest BCUT2D eigenvalue weighted by molar-refractivity contribution is -0.184. The van der Waals surface area contributed by atoms with E-state index >= 15 is 0 Å². The van der Waals surface area contributed by atoms with Crippen molar-refractivity contribution in [3.8, 4) is 0 Å². The molecule has 10 heteroatoms. The van der Waals surface area contributed by atoms with Crippen LogP contribution in [-0.4, -0.2) is 49.4 Å². The van der Waals surface area contributed by atoms with Crippen molar-refractivity contribution < 1.29 is 31.5 Å². The van der Waals surface area contributed by atoms with Crippen LogP contribution >= 0.6 is 0 Å². The molecule has 2 aromatic rings. The molecule has 1 aliphatic heterocycles. The van der Waals surface area contributed by atoms with E-state index in [2.05, 4.69) is 10.2 Å². The second kappa shape index (κ2) is 11.8. The van der Waals surface area contributed by atoms with Gasteiger partial charge in [0.25, 0.3) is 5.91 Å². The maximum absolute atomic E-state index is 13.1. The highest BCUT2D eigenvalue weighted by molar-refractivity contribution is 7.91. The highest BCUT2D eigenvalue weighted by atomic mass is 32.2. The van der Waals surface area contributed by atoms with Crippen LogP contribution in [0.3, 0.4) is 0 Å². The van der Waals surface area contributed by atoms with Gasteiger partial charge in [0.05, 0.1) is 22.6 Å². The zero-order chi connectivity index (χ0) is 27.5. The summed E-state index contributed by atoms with van der Waals surface area (Å²) in [6, 6.07) is 11.4. The molecule has 1 saturated carbocycles. The van der Waals surface area contributed by atoms with Gasteiger partial charge in [-0.2, -0.15) is 13.2 Å². The van der Waals surface area contributed by atoms with Crippen LogP contribution in [0.5, 0.6) is 0 Å². The first-order chi connectivity index (χ1) is 18.0. The molecule has 0 spiro atoms. The quantitative estimate of drug-likeness (QED) is 0.456. The van der Waals surface area contributed by atoms with Crippen LogP contribution in [-0.2, 0) is 22.9 Å². The van der Waals surface area contributed by atoms with E-state index in [9.17, 15) is 31.5 Å². The number of rotatable bonds is 9. The lowest BCUT2D eigenvalue weighted by Crippen LogP contribution is -2.32. The average Bonchev–Trinajstić information content (AvgIpc) is 3.29. The van der Waals surface area contributed by atoms with Crippen LogP contribution in [0, 0.1) is 11.8 Å². The number of carbonyl (C=O) groups is 1. The number of benzene rings is 2. The second-order valence-electron chi connectivity index (χ2n) is 10.4. The van der Waals surface area contributed by atoms with Gasteiger partial charge in [0.2, 0.25) is 0 Å². The van der Waals surface area contributed by atoms with Gasteiger partial charge in [0, 0.05) is 31.8 Å². The van der Waals surface area contributed by atoms with Gasteiger partial charge < -0.3 is 10.4 Å². The van der Waals surface area contributed by atoms with Gasteiger partial charge in [-0.1, -0.05) is 25.1 Å². The normalized spacial score (nSPS) is 21.2.